The number of nitrogens with zero attached hydrogens (tertiary/aromatic N) is 1. The van der Waals surface area contributed by atoms with Gasteiger partial charge in [-0.15, -0.1) is 0 Å². The summed E-state index contributed by atoms with van der Waals surface area (Å²) in [5.74, 6) is 0.878. The van der Waals surface area contributed by atoms with Crippen molar-refractivity contribution in [2.45, 2.75) is 45.2 Å². The molecule has 3 unspecified atom stereocenters. The van der Waals surface area contributed by atoms with Gasteiger partial charge in [0, 0.05) is 23.8 Å². The van der Waals surface area contributed by atoms with E-state index in [4.69, 9.17) is 11.6 Å². The van der Waals surface area contributed by atoms with Gasteiger partial charge in [-0.3, -0.25) is 0 Å². The lowest BCUT2D eigenvalue weighted by Crippen LogP contribution is -2.22. The lowest BCUT2D eigenvalue weighted by atomic mass is 10.1. The molecule has 2 nitrogen and oxygen atoms in total. The fourth-order valence-corrected chi connectivity index (χ4v) is 2.56. The Morgan fingerprint density at radius 2 is 2.44 bits per heavy atom. The molecule has 0 radical (unpaired) electrons. The van der Waals surface area contributed by atoms with Crippen molar-refractivity contribution in [3.63, 3.8) is 0 Å². The van der Waals surface area contributed by atoms with Crippen molar-refractivity contribution in [2.24, 2.45) is 5.92 Å². The van der Waals surface area contributed by atoms with Crippen LogP contribution in [0.4, 0.5) is 0 Å². The van der Waals surface area contributed by atoms with Crippen LogP contribution in [0.2, 0.25) is 5.15 Å². The Kier molecular flexibility index (Phi) is 3.82. The first-order chi connectivity index (χ1) is 7.72. The summed E-state index contributed by atoms with van der Waals surface area (Å²) in [6, 6.07) is 4.97. The molecule has 1 fully saturated rings. The van der Waals surface area contributed by atoms with Crippen LogP contribution in [0.3, 0.4) is 0 Å². The Morgan fingerprint density at radius 3 is 3.12 bits per heavy atom. The maximum Gasteiger partial charge on any atom is 0.133 e. The van der Waals surface area contributed by atoms with Crippen LogP contribution in [0, 0.1) is 5.92 Å². The van der Waals surface area contributed by atoms with Crippen molar-refractivity contribution >= 4 is 11.6 Å². The average Bonchev–Trinajstić information content (AvgIpc) is 2.97. The highest BCUT2D eigenvalue weighted by atomic mass is 35.5. The van der Waals surface area contributed by atoms with E-state index in [1.165, 1.54) is 19.3 Å². The van der Waals surface area contributed by atoms with E-state index in [-0.39, 0.29) is 0 Å². The van der Waals surface area contributed by atoms with Gasteiger partial charge in [0.25, 0.3) is 0 Å². The second kappa shape index (κ2) is 5.15. The molecular formula is C13H19ClN2. The van der Waals surface area contributed by atoms with Gasteiger partial charge in [-0.1, -0.05) is 31.0 Å². The van der Waals surface area contributed by atoms with Gasteiger partial charge in [-0.25, -0.2) is 4.98 Å². The molecule has 0 aliphatic heterocycles. The van der Waals surface area contributed by atoms with Gasteiger partial charge in [0.05, 0.1) is 0 Å². The summed E-state index contributed by atoms with van der Waals surface area (Å²) in [6.45, 7) is 4.40. The zero-order valence-corrected chi connectivity index (χ0v) is 10.7. The van der Waals surface area contributed by atoms with E-state index in [9.17, 15) is 0 Å². The van der Waals surface area contributed by atoms with Gasteiger partial charge in [0.1, 0.15) is 5.15 Å². The molecule has 1 N–H and O–H groups in total. The van der Waals surface area contributed by atoms with Crippen molar-refractivity contribution in [1.29, 1.82) is 0 Å². The Hall–Kier alpha value is -0.600. The lowest BCUT2D eigenvalue weighted by Gasteiger charge is -2.14. The fraction of sp³-hybridized carbons (Fsp3) is 0.615. The molecule has 1 aromatic heterocycles. The molecule has 1 aliphatic carbocycles. The van der Waals surface area contributed by atoms with Crippen molar-refractivity contribution in [3.8, 4) is 0 Å². The molecule has 16 heavy (non-hydrogen) atoms. The van der Waals surface area contributed by atoms with E-state index >= 15 is 0 Å². The van der Waals surface area contributed by atoms with Gasteiger partial charge < -0.3 is 5.32 Å². The molecule has 2 rings (SSSR count). The molecule has 0 saturated heterocycles. The average molecular weight is 239 g/mol. The number of hydrogen-bond donors (Lipinski definition) is 1. The second-order valence-electron chi connectivity index (χ2n) is 4.66. The monoisotopic (exact) mass is 238 g/mol. The minimum absolute atomic E-state index is 0.299. The first-order valence-corrected chi connectivity index (χ1v) is 6.46. The van der Waals surface area contributed by atoms with E-state index in [0.717, 1.165) is 11.5 Å². The third kappa shape index (κ3) is 2.74. The molecule has 3 heteroatoms. The fourth-order valence-electron chi connectivity index (χ4n) is 2.27. The molecule has 1 aliphatic rings. The third-order valence-electron chi connectivity index (χ3n) is 3.30. The molecule has 1 aromatic rings. The second-order valence-corrected chi connectivity index (χ2v) is 5.02. The molecule has 88 valence electrons. The molecule has 3 atom stereocenters. The minimum atomic E-state index is 0.299. The predicted molar refractivity (Wildman–Crippen MR) is 67.6 cm³/mol. The predicted octanol–water partition coefficient (Wildman–Crippen LogP) is 3.57. The Morgan fingerprint density at radius 1 is 1.62 bits per heavy atom. The summed E-state index contributed by atoms with van der Waals surface area (Å²) >= 11 is 6.07. The van der Waals surface area contributed by atoms with Crippen LogP contribution in [0.15, 0.2) is 18.3 Å². The van der Waals surface area contributed by atoms with Crippen molar-refractivity contribution in [3.05, 3.63) is 29.0 Å². The maximum absolute atomic E-state index is 6.07. The minimum Gasteiger partial charge on any atom is -0.307 e. The zero-order chi connectivity index (χ0) is 11.5. The largest absolute Gasteiger partial charge is 0.307 e. The molecular weight excluding hydrogens is 220 g/mol. The van der Waals surface area contributed by atoms with E-state index in [1.54, 1.807) is 6.20 Å². The number of rotatable bonds is 5. The highest BCUT2D eigenvalue weighted by Gasteiger charge is 2.36. The molecule has 0 bridgehead atoms. The van der Waals surface area contributed by atoms with Crippen LogP contribution >= 0.6 is 11.6 Å². The van der Waals surface area contributed by atoms with E-state index < -0.39 is 0 Å². The van der Waals surface area contributed by atoms with Gasteiger partial charge in [0.2, 0.25) is 0 Å². The van der Waals surface area contributed by atoms with Crippen molar-refractivity contribution in [1.82, 2.24) is 10.3 Å². The quantitative estimate of drug-likeness (QED) is 0.794. The van der Waals surface area contributed by atoms with Crippen LogP contribution in [-0.4, -0.2) is 11.0 Å². The number of hydrogen-bond acceptors (Lipinski definition) is 2. The van der Waals surface area contributed by atoms with E-state index in [0.29, 0.717) is 17.2 Å². The zero-order valence-electron chi connectivity index (χ0n) is 9.91. The van der Waals surface area contributed by atoms with E-state index in [2.05, 4.69) is 24.1 Å². The molecule has 0 spiro atoms. The summed E-state index contributed by atoms with van der Waals surface area (Å²) in [5.41, 5.74) is 1.10. The Balaban J connectivity index is 1.90. The number of aromatic nitrogens is 1. The highest BCUT2D eigenvalue weighted by molar-refractivity contribution is 6.30. The lowest BCUT2D eigenvalue weighted by molar-refractivity contribution is 0.529. The molecule has 1 saturated carbocycles. The number of halogens is 1. The number of pyridine rings is 1. The highest BCUT2D eigenvalue weighted by Crippen LogP contribution is 2.36. The SMILES string of the molecule is CCCC1CC1NC(C)c1cccnc1Cl. The molecule has 1 heterocycles. The Bertz CT molecular complexity index is 354. The third-order valence-corrected chi connectivity index (χ3v) is 3.62. The van der Waals surface area contributed by atoms with Crippen LogP contribution in [0.1, 0.15) is 44.7 Å². The summed E-state index contributed by atoms with van der Waals surface area (Å²) in [4.78, 5) is 4.11. The standard InChI is InChI=1S/C13H19ClN2/c1-3-5-10-8-12(10)16-9(2)11-6-4-7-15-13(11)14/h4,6-7,9-10,12,16H,3,5,8H2,1-2H3. The number of nitrogens with one attached hydrogen (secondary N) is 1. The van der Waals surface area contributed by atoms with Crippen LogP contribution in [0.25, 0.3) is 0 Å². The van der Waals surface area contributed by atoms with Crippen molar-refractivity contribution in [2.75, 3.05) is 0 Å². The topological polar surface area (TPSA) is 24.9 Å². The summed E-state index contributed by atoms with van der Waals surface area (Å²) in [5, 5.41) is 4.24. The van der Waals surface area contributed by atoms with Crippen LogP contribution in [0.5, 0.6) is 0 Å². The van der Waals surface area contributed by atoms with Gasteiger partial charge in [0.15, 0.2) is 0 Å². The summed E-state index contributed by atoms with van der Waals surface area (Å²) in [7, 11) is 0. The van der Waals surface area contributed by atoms with Gasteiger partial charge >= 0.3 is 0 Å². The van der Waals surface area contributed by atoms with E-state index in [1.807, 2.05) is 12.1 Å². The van der Waals surface area contributed by atoms with Crippen LogP contribution < -0.4 is 5.32 Å². The maximum atomic E-state index is 6.07. The Labute approximate surface area is 102 Å². The van der Waals surface area contributed by atoms with Crippen molar-refractivity contribution < 1.29 is 0 Å². The summed E-state index contributed by atoms with van der Waals surface area (Å²) in [6.07, 6.45) is 5.67. The smallest absolute Gasteiger partial charge is 0.133 e. The molecule has 0 aromatic carbocycles. The molecule has 0 amide bonds. The first kappa shape index (κ1) is 11.9. The van der Waals surface area contributed by atoms with Gasteiger partial charge in [-0.2, -0.15) is 0 Å². The normalized spacial score (nSPS) is 25.4. The summed E-state index contributed by atoms with van der Waals surface area (Å²) < 4.78 is 0. The van der Waals surface area contributed by atoms with Gasteiger partial charge in [-0.05, 0) is 31.7 Å². The van der Waals surface area contributed by atoms with Crippen LogP contribution in [-0.2, 0) is 0 Å². The first-order valence-electron chi connectivity index (χ1n) is 6.08.